The molecule has 3 heteroatoms. The maximum atomic E-state index is 4.64. The van der Waals surface area contributed by atoms with Crippen LogP contribution in [0.5, 0.6) is 0 Å². The van der Waals surface area contributed by atoms with Crippen molar-refractivity contribution >= 4 is 23.2 Å². The van der Waals surface area contributed by atoms with Crippen molar-refractivity contribution in [2.45, 2.75) is 19.8 Å². The van der Waals surface area contributed by atoms with Crippen LogP contribution in [-0.2, 0) is 0 Å². The summed E-state index contributed by atoms with van der Waals surface area (Å²) >= 11 is 0. The van der Waals surface area contributed by atoms with Crippen molar-refractivity contribution in [1.29, 1.82) is 0 Å². The molecule has 0 saturated carbocycles. The Bertz CT molecular complexity index is 1060. The number of hydrogen-bond donors (Lipinski definition) is 0. The second kappa shape index (κ2) is 6.96. The SMILES string of the molecule is CC(C)c1ccccc1/C=C/c1cccc2c1ncn2-c1ccccn1. The lowest BCUT2D eigenvalue weighted by atomic mass is 9.96. The van der Waals surface area contributed by atoms with Crippen LogP contribution in [-0.4, -0.2) is 14.5 Å². The van der Waals surface area contributed by atoms with Gasteiger partial charge in [-0.05, 0) is 35.2 Å². The minimum absolute atomic E-state index is 0.495. The molecule has 128 valence electrons. The average Bonchev–Trinajstić information content (AvgIpc) is 3.12. The van der Waals surface area contributed by atoms with Crippen LogP contribution < -0.4 is 0 Å². The number of hydrogen-bond acceptors (Lipinski definition) is 2. The molecule has 4 aromatic rings. The van der Waals surface area contributed by atoms with Crippen LogP contribution in [0.3, 0.4) is 0 Å². The van der Waals surface area contributed by atoms with E-state index in [9.17, 15) is 0 Å². The Hall–Kier alpha value is -3.20. The van der Waals surface area contributed by atoms with Crippen LogP contribution in [0, 0.1) is 0 Å². The number of rotatable bonds is 4. The zero-order valence-corrected chi connectivity index (χ0v) is 15.0. The normalized spacial score (nSPS) is 11.7. The zero-order chi connectivity index (χ0) is 17.9. The number of imidazole rings is 1. The molecule has 0 aliphatic carbocycles. The number of aromatic nitrogens is 3. The average molecular weight is 339 g/mol. The molecule has 0 radical (unpaired) electrons. The van der Waals surface area contributed by atoms with E-state index < -0.39 is 0 Å². The fraction of sp³-hybridized carbons (Fsp3) is 0.130. The van der Waals surface area contributed by atoms with Gasteiger partial charge < -0.3 is 0 Å². The third-order valence-corrected chi connectivity index (χ3v) is 4.56. The third-order valence-electron chi connectivity index (χ3n) is 4.56. The van der Waals surface area contributed by atoms with Gasteiger partial charge in [0.05, 0.1) is 11.0 Å². The Morgan fingerprint density at radius 2 is 1.58 bits per heavy atom. The van der Waals surface area contributed by atoms with Crippen LogP contribution >= 0.6 is 0 Å². The Kier molecular flexibility index (Phi) is 4.36. The van der Waals surface area contributed by atoms with Crippen molar-refractivity contribution in [3.8, 4) is 5.82 Å². The Morgan fingerprint density at radius 1 is 0.808 bits per heavy atom. The van der Waals surface area contributed by atoms with Crippen LogP contribution in [0.25, 0.3) is 29.0 Å². The van der Waals surface area contributed by atoms with E-state index in [4.69, 9.17) is 0 Å². The number of pyridine rings is 1. The Labute approximate surface area is 153 Å². The first-order chi connectivity index (χ1) is 12.7. The molecular weight excluding hydrogens is 318 g/mol. The summed E-state index contributed by atoms with van der Waals surface area (Å²) in [4.78, 5) is 9.07. The molecule has 0 aliphatic heterocycles. The summed E-state index contributed by atoms with van der Waals surface area (Å²) in [5, 5.41) is 0. The molecule has 2 aromatic heterocycles. The second-order valence-corrected chi connectivity index (χ2v) is 6.63. The van der Waals surface area contributed by atoms with Crippen molar-refractivity contribution in [1.82, 2.24) is 14.5 Å². The van der Waals surface area contributed by atoms with E-state index in [1.807, 2.05) is 29.1 Å². The van der Waals surface area contributed by atoms with E-state index in [1.54, 1.807) is 6.20 Å². The molecule has 26 heavy (non-hydrogen) atoms. The summed E-state index contributed by atoms with van der Waals surface area (Å²) in [5.74, 6) is 1.37. The molecule has 0 N–H and O–H groups in total. The molecule has 2 aromatic carbocycles. The first-order valence-corrected chi connectivity index (χ1v) is 8.88. The second-order valence-electron chi connectivity index (χ2n) is 6.63. The van der Waals surface area contributed by atoms with Gasteiger partial charge in [-0.2, -0.15) is 0 Å². The molecular formula is C23H21N3. The molecule has 0 saturated heterocycles. The van der Waals surface area contributed by atoms with Gasteiger partial charge in [0, 0.05) is 11.8 Å². The van der Waals surface area contributed by atoms with E-state index in [0.717, 1.165) is 22.4 Å². The van der Waals surface area contributed by atoms with E-state index in [0.29, 0.717) is 5.92 Å². The predicted octanol–water partition coefficient (Wildman–Crippen LogP) is 5.71. The van der Waals surface area contributed by atoms with Crippen LogP contribution in [0.15, 0.2) is 73.2 Å². The van der Waals surface area contributed by atoms with Crippen LogP contribution in [0.2, 0.25) is 0 Å². The summed E-state index contributed by atoms with van der Waals surface area (Å²) in [7, 11) is 0. The van der Waals surface area contributed by atoms with Gasteiger partial charge in [0.1, 0.15) is 12.1 Å². The molecule has 0 amide bonds. The standard InChI is InChI=1S/C23H21N3/c1-17(2)20-10-4-3-8-18(20)13-14-19-9-7-11-21-23(19)25-16-26(21)22-12-5-6-15-24-22/h3-17H,1-2H3/b14-13+. The highest BCUT2D eigenvalue weighted by Crippen LogP contribution is 2.24. The van der Waals surface area contributed by atoms with Crippen molar-refractivity contribution in [2.75, 3.05) is 0 Å². The molecule has 0 fully saturated rings. The van der Waals surface area contributed by atoms with E-state index in [-0.39, 0.29) is 0 Å². The Morgan fingerprint density at radius 3 is 2.38 bits per heavy atom. The maximum Gasteiger partial charge on any atom is 0.138 e. The lowest BCUT2D eigenvalue weighted by Crippen LogP contribution is -1.94. The summed E-state index contributed by atoms with van der Waals surface area (Å²) < 4.78 is 2.02. The van der Waals surface area contributed by atoms with Crippen molar-refractivity contribution in [3.63, 3.8) is 0 Å². The van der Waals surface area contributed by atoms with Gasteiger partial charge in [0.25, 0.3) is 0 Å². The quantitative estimate of drug-likeness (QED) is 0.446. The number of para-hydroxylation sites is 1. The fourth-order valence-corrected chi connectivity index (χ4v) is 3.24. The summed E-state index contributed by atoms with van der Waals surface area (Å²) in [6.45, 7) is 4.45. The minimum Gasteiger partial charge on any atom is -0.283 e. The molecule has 3 nitrogen and oxygen atoms in total. The van der Waals surface area contributed by atoms with Crippen molar-refractivity contribution in [2.24, 2.45) is 0 Å². The van der Waals surface area contributed by atoms with Crippen molar-refractivity contribution in [3.05, 3.63) is 89.9 Å². The predicted molar refractivity (Wildman–Crippen MR) is 108 cm³/mol. The molecule has 0 unspecified atom stereocenters. The largest absolute Gasteiger partial charge is 0.283 e. The first-order valence-electron chi connectivity index (χ1n) is 8.88. The lowest BCUT2D eigenvalue weighted by molar-refractivity contribution is 0.864. The topological polar surface area (TPSA) is 30.7 Å². The Balaban J connectivity index is 1.76. The van der Waals surface area contributed by atoms with Crippen LogP contribution in [0.4, 0.5) is 0 Å². The molecule has 0 spiro atoms. The monoisotopic (exact) mass is 339 g/mol. The molecule has 0 bridgehead atoms. The highest BCUT2D eigenvalue weighted by Gasteiger charge is 2.08. The van der Waals surface area contributed by atoms with Gasteiger partial charge in [-0.25, -0.2) is 9.97 Å². The maximum absolute atomic E-state index is 4.64. The summed E-state index contributed by atoms with van der Waals surface area (Å²) in [6.07, 6.45) is 7.98. The first kappa shape index (κ1) is 16.3. The number of fused-ring (bicyclic) bond motifs is 1. The highest BCUT2D eigenvalue weighted by atomic mass is 15.1. The van der Waals surface area contributed by atoms with Gasteiger partial charge in [0.2, 0.25) is 0 Å². The molecule has 0 aliphatic rings. The lowest BCUT2D eigenvalue weighted by Gasteiger charge is -2.09. The molecule has 2 heterocycles. The summed E-state index contributed by atoms with van der Waals surface area (Å²) in [6, 6.07) is 20.7. The van der Waals surface area contributed by atoms with Gasteiger partial charge in [-0.1, -0.05) is 68.5 Å². The molecule has 4 rings (SSSR count). The smallest absolute Gasteiger partial charge is 0.138 e. The van der Waals surface area contributed by atoms with Gasteiger partial charge in [-0.15, -0.1) is 0 Å². The van der Waals surface area contributed by atoms with Gasteiger partial charge in [0.15, 0.2) is 0 Å². The number of nitrogens with zero attached hydrogens (tertiary/aromatic N) is 3. The van der Waals surface area contributed by atoms with E-state index in [2.05, 4.69) is 78.4 Å². The fourth-order valence-electron chi connectivity index (χ4n) is 3.24. The zero-order valence-electron chi connectivity index (χ0n) is 15.0. The van der Waals surface area contributed by atoms with Crippen LogP contribution in [0.1, 0.15) is 36.5 Å². The minimum atomic E-state index is 0.495. The summed E-state index contributed by atoms with van der Waals surface area (Å²) in [5.41, 5.74) is 5.76. The van der Waals surface area contributed by atoms with E-state index in [1.165, 1.54) is 11.1 Å². The van der Waals surface area contributed by atoms with Gasteiger partial charge in [-0.3, -0.25) is 4.57 Å². The third kappa shape index (κ3) is 3.04. The van der Waals surface area contributed by atoms with Crippen molar-refractivity contribution < 1.29 is 0 Å². The highest BCUT2D eigenvalue weighted by molar-refractivity contribution is 5.89. The number of benzene rings is 2. The molecule has 0 atom stereocenters. The van der Waals surface area contributed by atoms with E-state index >= 15 is 0 Å². The van der Waals surface area contributed by atoms with Gasteiger partial charge >= 0.3 is 0 Å².